The fourth-order valence-electron chi connectivity index (χ4n) is 0.678. The number of rotatable bonds is 0. The molecule has 9 heavy (non-hydrogen) atoms. The van der Waals surface area contributed by atoms with E-state index in [0.717, 1.165) is 0 Å². The van der Waals surface area contributed by atoms with Crippen LogP contribution in [0.15, 0.2) is 21.7 Å². The topological polar surface area (TPSA) is 12.0 Å². The van der Waals surface area contributed by atoms with E-state index in [1.165, 1.54) is 16.3 Å². The van der Waals surface area contributed by atoms with E-state index in [2.05, 4.69) is 31.5 Å². The molecule has 0 spiro atoms. The molecule has 50 valence electrons. The Kier molecular flexibility index (Phi) is 1.86. The highest BCUT2D eigenvalue weighted by Gasteiger charge is 2.01. The molecule has 0 unspecified atom stereocenters. The molecule has 0 saturated carbocycles. The summed E-state index contributed by atoms with van der Waals surface area (Å²) in [4.78, 5) is 1.36. The van der Waals surface area contributed by atoms with Crippen molar-refractivity contribution >= 4 is 11.8 Å². The average Bonchev–Trinajstić information content (AvgIpc) is 1.80. The lowest BCUT2D eigenvalue weighted by molar-refractivity contribution is 0.958. The van der Waals surface area contributed by atoms with Gasteiger partial charge in [-0.05, 0) is 26.2 Å². The Morgan fingerprint density at radius 2 is 2.00 bits per heavy atom. The van der Waals surface area contributed by atoms with Crippen LogP contribution in [0, 0.1) is 0 Å². The number of nitrogens with one attached hydrogen (secondary N) is 1. The second kappa shape index (κ2) is 2.48. The minimum Gasteiger partial charge on any atom is -0.362 e. The Hall–Kier alpha value is -0.370. The van der Waals surface area contributed by atoms with Gasteiger partial charge in [0.2, 0.25) is 0 Å². The minimum absolute atomic E-state index is 1.24. The third-order valence-corrected chi connectivity index (χ3v) is 2.46. The van der Waals surface area contributed by atoms with E-state index in [1.807, 2.05) is 0 Å². The Morgan fingerprint density at radius 1 is 1.33 bits per heavy atom. The first-order valence-electron chi connectivity index (χ1n) is 2.98. The van der Waals surface area contributed by atoms with E-state index in [4.69, 9.17) is 0 Å². The van der Waals surface area contributed by atoms with Crippen LogP contribution in [0.1, 0.15) is 20.8 Å². The van der Waals surface area contributed by atoms with Crippen LogP contribution in [0.5, 0.6) is 0 Å². The molecular weight excluding hydrogens is 130 g/mol. The maximum Gasteiger partial charge on any atom is 0.0214 e. The molecule has 1 heterocycles. The second-order valence-electron chi connectivity index (χ2n) is 2.22. The first-order valence-corrected chi connectivity index (χ1v) is 3.86. The molecule has 0 saturated heterocycles. The summed E-state index contributed by atoms with van der Waals surface area (Å²) < 4.78 is 0. The average molecular weight is 141 g/mol. The van der Waals surface area contributed by atoms with Crippen molar-refractivity contribution in [2.24, 2.45) is 0 Å². The fraction of sp³-hybridized carbons (Fsp3) is 0.429. The lowest BCUT2D eigenvalue weighted by atomic mass is 10.4. The van der Waals surface area contributed by atoms with Crippen LogP contribution in [-0.4, -0.2) is 0 Å². The van der Waals surface area contributed by atoms with Gasteiger partial charge in [0.15, 0.2) is 0 Å². The second-order valence-corrected chi connectivity index (χ2v) is 3.31. The maximum absolute atomic E-state index is 3.25. The Labute approximate surface area is 60.2 Å². The molecule has 1 nitrogen and oxygen atoms in total. The van der Waals surface area contributed by atoms with Crippen molar-refractivity contribution in [1.29, 1.82) is 0 Å². The third-order valence-electron chi connectivity index (χ3n) is 1.33. The molecule has 0 bridgehead atoms. The zero-order chi connectivity index (χ0) is 6.85. The van der Waals surface area contributed by atoms with Crippen LogP contribution < -0.4 is 5.32 Å². The van der Waals surface area contributed by atoms with Gasteiger partial charge in [-0.15, -0.1) is 0 Å². The van der Waals surface area contributed by atoms with Crippen LogP contribution in [0.3, 0.4) is 0 Å². The predicted octanol–water partition coefficient (Wildman–Crippen LogP) is 2.44. The van der Waals surface area contributed by atoms with E-state index >= 15 is 0 Å². The highest BCUT2D eigenvalue weighted by Crippen LogP contribution is 2.24. The van der Waals surface area contributed by atoms with Crippen molar-refractivity contribution in [2.45, 2.75) is 20.8 Å². The third kappa shape index (κ3) is 1.52. The Bertz CT molecular complexity index is 179. The van der Waals surface area contributed by atoms with Crippen LogP contribution in [0.2, 0.25) is 0 Å². The summed E-state index contributed by atoms with van der Waals surface area (Å²) in [5.41, 5.74) is 2.52. The molecule has 0 fully saturated rings. The summed E-state index contributed by atoms with van der Waals surface area (Å²) in [6, 6.07) is 0. The van der Waals surface area contributed by atoms with Crippen molar-refractivity contribution in [3.63, 3.8) is 0 Å². The molecule has 0 aromatic carbocycles. The van der Waals surface area contributed by atoms with Crippen LogP contribution in [0.25, 0.3) is 0 Å². The lowest BCUT2D eigenvalue weighted by Gasteiger charge is -2.14. The summed E-state index contributed by atoms with van der Waals surface area (Å²) in [6.45, 7) is 6.29. The number of allylic oxidation sites excluding steroid dienone is 3. The summed E-state index contributed by atoms with van der Waals surface area (Å²) in [5, 5.41) is 5.38. The summed E-state index contributed by atoms with van der Waals surface area (Å²) in [7, 11) is 0. The summed E-state index contributed by atoms with van der Waals surface area (Å²) in [5.74, 6) is 0. The zero-order valence-corrected chi connectivity index (χ0v) is 6.80. The monoisotopic (exact) mass is 141 g/mol. The molecule has 1 N–H and O–H groups in total. The number of thioether (sulfide) groups is 1. The molecule has 1 rings (SSSR count). The molecule has 2 heteroatoms. The smallest absolute Gasteiger partial charge is 0.0214 e. The standard InChI is InChI=1S/C7H11NS/c1-5-4-9-7(3)6(2)8-5/h4,8H,1-3H3. The van der Waals surface area contributed by atoms with E-state index in [9.17, 15) is 0 Å². The van der Waals surface area contributed by atoms with E-state index in [-0.39, 0.29) is 0 Å². The number of hydrogen-bond acceptors (Lipinski definition) is 2. The SMILES string of the molecule is CC1=CSC(C)=C(C)N1. The molecule has 1 aliphatic rings. The van der Waals surface area contributed by atoms with Crippen LogP contribution >= 0.6 is 11.8 Å². The summed E-state index contributed by atoms with van der Waals surface area (Å²) >= 11 is 1.79. The highest BCUT2D eigenvalue weighted by atomic mass is 32.2. The van der Waals surface area contributed by atoms with Gasteiger partial charge in [0, 0.05) is 16.3 Å². The van der Waals surface area contributed by atoms with Gasteiger partial charge in [0.05, 0.1) is 0 Å². The van der Waals surface area contributed by atoms with Gasteiger partial charge < -0.3 is 5.32 Å². The van der Waals surface area contributed by atoms with Gasteiger partial charge in [-0.3, -0.25) is 0 Å². The van der Waals surface area contributed by atoms with Gasteiger partial charge in [0.1, 0.15) is 0 Å². The molecule has 0 aromatic rings. The van der Waals surface area contributed by atoms with Crippen LogP contribution in [-0.2, 0) is 0 Å². The normalized spacial score (nSPS) is 19.2. The van der Waals surface area contributed by atoms with Crippen molar-refractivity contribution < 1.29 is 0 Å². The van der Waals surface area contributed by atoms with Crippen molar-refractivity contribution in [3.05, 3.63) is 21.7 Å². The van der Waals surface area contributed by atoms with Crippen molar-refractivity contribution in [1.82, 2.24) is 5.32 Å². The zero-order valence-electron chi connectivity index (χ0n) is 5.99. The highest BCUT2D eigenvalue weighted by molar-refractivity contribution is 8.05. The van der Waals surface area contributed by atoms with E-state index in [0.29, 0.717) is 0 Å². The van der Waals surface area contributed by atoms with Crippen molar-refractivity contribution in [3.8, 4) is 0 Å². The molecule has 0 aliphatic carbocycles. The Morgan fingerprint density at radius 3 is 2.44 bits per heavy atom. The fourth-order valence-corrected chi connectivity index (χ4v) is 1.32. The van der Waals surface area contributed by atoms with Crippen LogP contribution in [0.4, 0.5) is 0 Å². The first kappa shape index (κ1) is 6.75. The predicted molar refractivity (Wildman–Crippen MR) is 42.9 cm³/mol. The van der Waals surface area contributed by atoms with Gasteiger partial charge in [-0.2, -0.15) is 0 Å². The Balaban J connectivity index is 2.70. The largest absolute Gasteiger partial charge is 0.362 e. The quantitative estimate of drug-likeness (QED) is 0.556. The number of hydrogen-bond donors (Lipinski definition) is 1. The lowest BCUT2D eigenvalue weighted by Crippen LogP contribution is -2.11. The molecule has 0 radical (unpaired) electrons. The molecular formula is C7H11NS. The maximum atomic E-state index is 3.25. The molecule has 0 atom stereocenters. The molecule has 1 aliphatic heterocycles. The van der Waals surface area contributed by atoms with Gasteiger partial charge >= 0.3 is 0 Å². The van der Waals surface area contributed by atoms with Gasteiger partial charge in [0.25, 0.3) is 0 Å². The van der Waals surface area contributed by atoms with Gasteiger partial charge in [-0.1, -0.05) is 11.8 Å². The first-order chi connectivity index (χ1) is 4.20. The van der Waals surface area contributed by atoms with Gasteiger partial charge in [-0.25, -0.2) is 0 Å². The minimum atomic E-state index is 1.24. The van der Waals surface area contributed by atoms with E-state index < -0.39 is 0 Å². The molecule has 0 amide bonds. The summed E-state index contributed by atoms with van der Waals surface area (Å²) in [6.07, 6.45) is 0. The van der Waals surface area contributed by atoms with Crippen molar-refractivity contribution in [2.75, 3.05) is 0 Å². The molecule has 0 aromatic heterocycles. The van der Waals surface area contributed by atoms with E-state index in [1.54, 1.807) is 11.8 Å².